The lowest BCUT2D eigenvalue weighted by atomic mass is 10.1. The molecule has 3 rings (SSSR count). The summed E-state index contributed by atoms with van der Waals surface area (Å²) in [4.78, 5) is 36.9. The van der Waals surface area contributed by atoms with Crippen molar-refractivity contribution in [3.05, 3.63) is 65.7 Å². The van der Waals surface area contributed by atoms with Crippen molar-refractivity contribution >= 4 is 33.3 Å². The van der Waals surface area contributed by atoms with Gasteiger partial charge in [0.15, 0.2) is 16.4 Å². The summed E-state index contributed by atoms with van der Waals surface area (Å²) in [6.07, 6.45) is 0.385. The lowest BCUT2D eigenvalue weighted by Gasteiger charge is -2.16. The number of nitrogens with one attached hydrogen (secondary N) is 2. The number of carbonyl (C=O) groups is 3. The Hall–Kier alpha value is -3.20. The van der Waals surface area contributed by atoms with Crippen molar-refractivity contribution in [2.75, 3.05) is 23.4 Å². The van der Waals surface area contributed by atoms with Crippen molar-refractivity contribution in [3.8, 4) is 0 Å². The first-order valence-corrected chi connectivity index (χ1v) is 12.2. The van der Waals surface area contributed by atoms with E-state index in [-0.39, 0.29) is 41.4 Å². The zero-order valence-corrected chi connectivity index (χ0v) is 18.6. The maximum atomic E-state index is 12.7. The molecule has 0 saturated carbocycles. The molecule has 1 fully saturated rings. The third-order valence-electron chi connectivity index (χ3n) is 5.24. The van der Waals surface area contributed by atoms with E-state index in [1.54, 1.807) is 24.3 Å². The Morgan fingerprint density at radius 3 is 2.44 bits per heavy atom. The highest BCUT2D eigenvalue weighted by molar-refractivity contribution is 7.91. The molecule has 0 spiro atoms. The van der Waals surface area contributed by atoms with Gasteiger partial charge in [0.25, 0.3) is 11.8 Å². The van der Waals surface area contributed by atoms with Gasteiger partial charge >= 0.3 is 5.97 Å². The molecule has 2 N–H and O–H groups in total. The minimum atomic E-state index is -3.08. The van der Waals surface area contributed by atoms with Crippen LogP contribution in [0.25, 0.3) is 0 Å². The fraction of sp³-hybridized carbons (Fsp3) is 0.348. The zero-order chi connectivity index (χ0) is 23.1. The van der Waals surface area contributed by atoms with E-state index in [1.165, 1.54) is 0 Å². The summed E-state index contributed by atoms with van der Waals surface area (Å²) in [5.74, 6) is -1.78. The summed E-state index contributed by atoms with van der Waals surface area (Å²) in [7, 11) is -3.08. The van der Waals surface area contributed by atoms with Crippen molar-refractivity contribution in [1.82, 2.24) is 5.32 Å². The van der Waals surface area contributed by atoms with E-state index < -0.39 is 28.3 Å². The van der Waals surface area contributed by atoms with E-state index in [1.807, 2.05) is 37.3 Å². The number of amides is 2. The third kappa shape index (κ3) is 6.65. The molecular weight excluding hydrogens is 432 g/mol. The SMILES string of the molecule is CC(NC(=O)c1ccccc1NC(=O)COC(=O)CC1CCS(=O)(=O)C1)c1ccccc1. The second-order valence-electron chi connectivity index (χ2n) is 7.83. The maximum Gasteiger partial charge on any atom is 0.306 e. The van der Waals surface area contributed by atoms with E-state index in [0.29, 0.717) is 12.1 Å². The fourth-order valence-electron chi connectivity index (χ4n) is 3.55. The molecule has 2 aromatic carbocycles. The van der Waals surface area contributed by atoms with Gasteiger partial charge in [-0.05, 0) is 37.0 Å². The highest BCUT2D eigenvalue weighted by Crippen LogP contribution is 2.22. The number of hydrogen-bond acceptors (Lipinski definition) is 6. The van der Waals surface area contributed by atoms with Gasteiger partial charge in [-0.15, -0.1) is 0 Å². The number of benzene rings is 2. The number of ether oxygens (including phenoxy) is 1. The Labute approximate surface area is 187 Å². The third-order valence-corrected chi connectivity index (χ3v) is 7.08. The monoisotopic (exact) mass is 458 g/mol. The molecule has 1 aliphatic rings. The molecule has 0 bridgehead atoms. The molecule has 8 nitrogen and oxygen atoms in total. The minimum Gasteiger partial charge on any atom is -0.456 e. The van der Waals surface area contributed by atoms with E-state index in [2.05, 4.69) is 10.6 Å². The van der Waals surface area contributed by atoms with Gasteiger partial charge in [0, 0.05) is 6.42 Å². The first kappa shape index (κ1) is 23.5. The van der Waals surface area contributed by atoms with Crippen LogP contribution in [0.4, 0.5) is 5.69 Å². The predicted molar refractivity (Wildman–Crippen MR) is 120 cm³/mol. The first-order valence-electron chi connectivity index (χ1n) is 10.3. The van der Waals surface area contributed by atoms with Crippen LogP contribution in [0, 0.1) is 5.92 Å². The van der Waals surface area contributed by atoms with Gasteiger partial charge in [-0.3, -0.25) is 14.4 Å². The number of sulfone groups is 1. The lowest BCUT2D eigenvalue weighted by molar-refractivity contribution is -0.148. The van der Waals surface area contributed by atoms with E-state index in [9.17, 15) is 22.8 Å². The van der Waals surface area contributed by atoms with Gasteiger partial charge in [-0.2, -0.15) is 0 Å². The van der Waals surface area contributed by atoms with Crippen molar-refractivity contribution in [1.29, 1.82) is 0 Å². The van der Waals surface area contributed by atoms with Crippen molar-refractivity contribution in [2.24, 2.45) is 5.92 Å². The lowest BCUT2D eigenvalue weighted by Crippen LogP contribution is -2.28. The smallest absolute Gasteiger partial charge is 0.306 e. The minimum absolute atomic E-state index is 0.0296. The molecule has 2 aromatic rings. The van der Waals surface area contributed by atoms with Gasteiger partial charge in [0.1, 0.15) is 0 Å². The average molecular weight is 459 g/mol. The predicted octanol–water partition coefficient (Wildman–Crippen LogP) is 2.48. The standard InChI is InChI=1S/C23H26N2O6S/c1-16(18-7-3-2-4-8-18)24-23(28)19-9-5-6-10-20(19)25-21(26)14-31-22(27)13-17-11-12-32(29,30)15-17/h2-10,16-17H,11-15H2,1H3,(H,24,28)(H,25,26). The summed E-state index contributed by atoms with van der Waals surface area (Å²) in [6, 6.07) is 15.8. The fourth-order valence-corrected chi connectivity index (χ4v) is 5.41. The number of hydrogen-bond donors (Lipinski definition) is 2. The number of carbonyl (C=O) groups excluding carboxylic acids is 3. The van der Waals surface area contributed by atoms with Crippen LogP contribution in [0.3, 0.4) is 0 Å². The van der Waals surface area contributed by atoms with Crippen LogP contribution in [0.5, 0.6) is 0 Å². The van der Waals surface area contributed by atoms with Crippen LogP contribution in [-0.2, 0) is 24.2 Å². The van der Waals surface area contributed by atoms with Gasteiger partial charge < -0.3 is 15.4 Å². The topological polar surface area (TPSA) is 119 Å². The molecule has 1 heterocycles. The summed E-state index contributed by atoms with van der Waals surface area (Å²) in [5, 5.41) is 5.49. The van der Waals surface area contributed by atoms with Crippen LogP contribution in [0.15, 0.2) is 54.6 Å². The summed E-state index contributed by atoms with van der Waals surface area (Å²) < 4.78 is 27.9. The molecule has 170 valence electrons. The first-order chi connectivity index (χ1) is 15.2. The van der Waals surface area contributed by atoms with Crippen molar-refractivity contribution in [2.45, 2.75) is 25.8 Å². The van der Waals surface area contributed by atoms with E-state index in [0.717, 1.165) is 5.56 Å². The summed E-state index contributed by atoms with van der Waals surface area (Å²) >= 11 is 0. The Bertz CT molecular complexity index is 1080. The Kier molecular flexibility index (Phi) is 7.63. The Morgan fingerprint density at radius 1 is 1.06 bits per heavy atom. The van der Waals surface area contributed by atoms with Crippen LogP contribution in [-0.4, -0.2) is 44.3 Å². The molecule has 2 unspecified atom stereocenters. The Morgan fingerprint density at radius 2 is 1.75 bits per heavy atom. The highest BCUT2D eigenvalue weighted by atomic mass is 32.2. The second-order valence-corrected chi connectivity index (χ2v) is 10.1. The largest absolute Gasteiger partial charge is 0.456 e. The average Bonchev–Trinajstić information content (AvgIpc) is 3.11. The van der Waals surface area contributed by atoms with E-state index in [4.69, 9.17) is 4.74 Å². The van der Waals surface area contributed by atoms with Crippen LogP contribution >= 0.6 is 0 Å². The molecule has 2 atom stereocenters. The molecule has 2 amide bonds. The zero-order valence-electron chi connectivity index (χ0n) is 17.7. The van der Waals surface area contributed by atoms with Gasteiger partial charge in [-0.25, -0.2) is 8.42 Å². The second kappa shape index (κ2) is 10.4. The molecule has 0 aromatic heterocycles. The molecule has 9 heteroatoms. The number of anilines is 1. The van der Waals surface area contributed by atoms with Crippen molar-refractivity contribution < 1.29 is 27.5 Å². The number of esters is 1. The molecule has 32 heavy (non-hydrogen) atoms. The molecular formula is C23H26N2O6S. The van der Waals surface area contributed by atoms with Crippen molar-refractivity contribution in [3.63, 3.8) is 0 Å². The maximum absolute atomic E-state index is 12.7. The Balaban J connectivity index is 1.53. The van der Waals surface area contributed by atoms with Gasteiger partial charge in [-0.1, -0.05) is 42.5 Å². The molecule has 1 aliphatic heterocycles. The normalized spacial score (nSPS) is 17.8. The number of para-hydroxylation sites is 1. The van der Waals surface area contributed by atoms with E-state index >= 15 is 0 Å². The quantitative estimate of drug-likeness (QED) is 0.587. The molecule has 0 aliphatic carbocycles. The van der Waals surface area contributed by atoms with Crippen LogP contribution < -0.4 is 10.6 Å². The highest BCUT2D eigenvalue weighted by Gasteiger charge is 2.30. The van der Waals surface area contributed by atoms with Gasteiger partial charge in [0.05, 0.1) is 28.8 Å². The summed E-state index contributed by atoms with van der Waals surface area (Å²) in [6.45, 7) is 1.35. The molecule has 0 radical (unpaired) electrons. The van der Waals surface area contributed by atoms with Gasteiger partial charge in [0.2, 0.25) is 0 Å². The van der Waals surface area contributed by atoms with Crippen LogP contribution in [0.2, 0.25) is 0 Å². The molecule has 1 saturated heterocycles. The number of rotatable bonds is 8. The van der Waals surface area contributed by atoms with Crippen LogP contribution in [0.1, 0.15) is 41.7 Å². The summed E-state index contributed by atoms with van der Waals surface area (Å²) in [5.41, 5.74) is 1.53.